The van der Waals surface area contributed by atoms with Gasteiger partial charge in [0.2, 0.25) is 0 Å². The van der Waals surface area contributed by atoms with Crippen molar-refractivity contribution in [2.24, 2.45) is 0 Å². The van der Waals surface area contributed by atoms with Crippen LogP contribution >= 0.6 is 0 Å². The van der Waals surface area contributed by atoms with E-state index in [-0.39, 0.29) is 30.4 Å². The van der Waals surface area contributed by atoms with Gasteiger partial charge in [0.1, 0.15) is 29.3 Å². The molecule has 5 rings (SSSR count). The maximum atomic E-state index is 13.7. The van der Waals surface area contributed by atoms with E-state index < -0.39 is 11.9 Å². The van der Waals surface area contributed by atoms with E-state index in [0.29, 0.717) is 58.7 Å². The zero-order valence-electron chi connectivity index (χ0n) is 23.2. The molecule has 216 valence electrons. The lowest BCUT2D eigenvalue weighted by atomic mass is 10.1. The molecule has 0 saturated carbocycles. The Kier molecular flexibility index (Phi) is 8.83. The van der Waals surface area contributed by atoms with Crippen molar-refractivity contribution in [3.05, 3.63) is 112 Å². The number of hydrogen-bond donors (Lipinski definition) is 0. The number of fused-ring (bicyclic) bond motifs is 1. The Morgan fingerprint density at radius 1 is 0.976 bits per heavy atom. The highest BCUT2D eigenvalue weighted by molar-refractivity contribution is 5.83. The molecule has 0 spiro atoms. The molecule has 0 aliphatic rings. The van der Waals surface area contributed by atoms with Crippen molar-refractivity contribution in [1.29, 1.82) is 0 Å². The van der Waals surface area contributed by atoms with Crippen LogP contribution in [0, 0.1) is 11.6 Å². The number of aryl methyl sites for hydroxylation is 1. The van der Waals surface area contributed by atoms with Gasteiger partial charge in [-0.3, -0.25) is 14.2 Å². The second kappa shape index (κ2) is 12.9. The van der Waals surface area contributed by atoms with Gasteiger partial charge in [0.25, 0.3) is 5.56 Å². The molecule has 2 heterocycles. The highest BCUT2D eigenvalue weighted by Crippen LogP contribution is 2.27. The van der Waals surface area contributed by atoms with E-state index in [1.807, 2.05) is 6.92 Å². The van der Waals surface area contributed by atoms with Crippen LogP contribution in [0.2, 0.25) is 0 Å². The maximum Gasteiger partial charge on any atom is 0.305 e. The first kappa shape index (κ1) is 28.8. The van der Waals surface area contributed by atoms with Crippen molar-refractivity contribution in [3.63, 3.8) is 0 Å². The lowest BCUT2D eigenvalue weighted by molar-refractivity contribution is -0.140. The summed E-state index contributed by atoms with van der Waals surface area (Å²) in [6.45, 7) is 2.11. The number of ether oxygens (including phenoxy) is 2. The van der Waals surface area contributed by atoms with Crippen molar-refractivity contribution in [2.75, 3.05) is 7.11 Å². The normalized spacial score (nSPS) is 12.0. The van der Waals surface area contributed by atoms with Gasteiger partial charge in [-0.1, -0.05) is 23.4 Å². The van der Waals surface area contributed by atoms with E-state index in [0.717, 1.165) is 5.56 Å². The molecule has 0 bridgehead atoms. The highest BCUT2D eigenvalue weighted by atomic mass is 19.1. The quantitative estimate of drug-likeness (QED) is 0.132. The van der Waals surface area contributed by atoms with Gasteiger partial charge in [-0.05, 0) is 73.9 Å². The summed E-state index contributed by atoms with van der Waals surface area (Å²) in [6, 6.07) is 18.7. The van der Waals surface area contributed by atoms with Crippen LogP contribution in [0.5, 0.6) is 0 Å². The molecule has 0 aliphatic heterocycles. The average molecular weight is 574 g/mol. The molecule has 0 amide bonds. The van der Waals surface area contributed by atoms with Crippen LogP contribution in [0.15, 0.2) is 82.1 Å². The number of benzene rings is 3. The number of carbonyl (C=O) groups excluding carboxylic acids is 1. The summed E-state index contributed by atoms with van der Waals surface area (Å²) in [5, 5.41) is 4.58. The molecule has 1 atom stereocenters. The van der Waals surface area contributed by atoms with Crippen molar-refractivity contribution in [2.45, 2.75) is 45.3 Å². The maximum absolute atomic E-state index is 13.7. The minimum Gasteiger partial charge on any atom is -0.469 e. The monoisotopic (exact) mass is 573 g/mol. The molecule has 10 heteroatoms. The fourth-order valence-corrected chi connectivity index (χ4v) is 4.57. The third-order valence-electron chi connectivity index (χ3n) is 6.92. The van der Waals surface area contributed by atoms with Crippen LogP contribution < -0.4 is 5.56 Å². The number of nitrogens with zero attached hydrogens (tertiary/aromatic N) is 3. The zero-order chi connectivity index (χ0) is 29.6. The van der Waals surface area contributed by atoms with E-state index in [1.165, 1.54) is 48.1 Å². The van der Waals surface area contributed by atoms with Crippen molar-refractivity contribution in [3.8, 4) is 16.9 Å². The highest BCUT2D eigenvalue weighted by Gasteiger charge is 2.17. The largest absolute Gasteiger partial charge is 0.469 e. The van der Waals surface area contributed by atoms with Crippen LogP contribution in [0.1, 0.15) is 49.4 Å². The van der Waals surface area contributed by atoms with E-state index in [2.05, 4.69) is 5.16 Å². The first-order valence-electron chi connectivity index (χ1n) is 13.5. The third-order valence-corrected chi connectivity index (χ3v) is 6.92. The lowest BCUT2D eigenvalue weighted by Crippen LogP contribution is -2.24. The second-order valence-corrected chi connectivity index (χ2v) is 9.85. The van der Waals surface area contributed by atoms with Gasteiger partial charge >= 0.3 is 5.97 Å². The summed E-state index contributed by atoms with van der Waals surface area (Å²) in [5.41, 5.74) is 2.77. The fourth-order valence-electron chi connectivity index (χ4n) is 4.57. The van der Waals surface area contributed by atoms with Crippen LogP contribution in [-0.4, -0.2) is 27.8 Å². The molecule has 1 unspecified atom stereocenters. The number of aromatic nitrogens is 3. The van der Waals surface area contributed by atoms with Crippen molar-refractivity contribution in [1.82, 2.24) is 14.7 Å². The van der Waals surface area contributed by atoms with Gasteiger partial charge in [0, 0.05) is 24.5 Å². The number of rotatable bonds is 11. The predicted octanol–water partition coefficient (Wildman–Crippen LogP) is 6.48. The number of carbonyl (C=O) groups is 1. The minimum absolute atomic E-state index is 0.259. The molecule has 5 aromatic rings. The summed E-state index contributed by atoms with van der Waals surface area (Å²) in [5.74, 6) is -0.0178. The molecule has 2 aromatic heterocycles. The Balaban J connectivity index is 1.41. The number of hydrogen-bond acceptors (Lipinski definition) is 7. The summed E-state index contributed by atoms with van der Waals surface area (Å²) in [6.07, 6.45) is 1.43. The van der Waals surface area contributed by atoms with E-state index >= 15 is 0 Å². The molecule has 42 heavy (non-hydrogen) atoms. The Labute approximate surface area is 240 Å². The molecule has 0 aliphatic carbocycles. The molecular formula is C32H29F2N3O5. The molecule has 0 fully saturated rings. The summed E-state index contributed by atoms with van der Waals surface area (Å²) < 4.78 is 44.4. The van der Waals surface area contributed by atoms with Crippen LogP contribution in [-0.2, 0) is 27.3 Å². The summed E-state index contributed by atoms with van der Waals surface area (Å²) >= 11 is 0. The summed E-state index contributed by atoms with van der Waals surface area (Å²) in [4.78, 5) is 30.0. The Morgan fingerprint density at radius 3 is 2.40 bits per heavy atom. The predicted molar refractivity (Wildman–Crippen MR) is 152 cm³/mol. The Bertz CT molecular complexity index is 1750. The van der Waals surface area contributed by atoms with E-state index in [4.69, 9.17) is 19.0 Å². The number of halogens is 2. The number of esters is 1. The van der Waals surface area contributed by atoms with Crippen LogP contribution in [0.3, 0.4) is 0 Å². The standard InChI is InChI=1S/C32H29F2N3O5/c1-20(41-19-21-7-10-23(33)11-8-21)29-18-27(36-42-29)22-9-16-26-28(17-22)35-30(5-3-4-6-31(38)40-2)37(32(26)39)25-14-12-24(34)13-15-25/h7-18,20H,3-6,19H2,1-2H3. The SMILES string of the molecule is COC(=O)CCCCc1nc2cc(-c3cc(C(C)OCc4ccc(F)cc4)on3)ccc2c(=O)n1-c1ccc(F)cc1. The number of unbranched alkanes of at least 4 members (excludes halogenated alkanes) is 1. The zero-order valence-corrected chi connectivity index (χ0v) is 23.2. The van der Waals surface area contributed by atoms with Gasteiger partial charge in [0.05, 0.1) is 30.3 Å². The van der Waals surface area contributed by atoms with E-state index in [1.54, 1.807) is 36.4 Å². The summed E-state index contributed by atoms with van der Waals surface area (Å²) in [7, 11) is 1.34. The Hall–Kier alpha value is -4.70. The Morgan fingerprint density at radius 2 is 1.69 bits per heavy atom. The van der Waals surface area contributed by atoms with Gasteiger partial charge in [-0.15, -0.1) is 0 Å². The van der Waals surface area contributed by atoms with Crippen LogP contribution in [0.4, 0.5) is 8.78 Å². The molecule has 0 radical (unpaired) electrons. The lowest BCUT2D eigenvalue weighted by Gasteiger charge is -2.14. The fraction of sp³-hybridized carbons (Fsp3) is 0.250. The second-order valence-electron chi connectivity index (χ2n) is 9.85. The van der Waals surface area contributed by atoms with Gasteiger partial charge < -0.3 is 14.0 Å². The number of methoxy groups -OCH3 is 1. The molecule has 0 N–H and O–H groups in total. The molecular weight excluding hydrogens is 544 g/mol. The smallest absolute Gasteiger partial charge is 0.305 e. The van der Waals surface area contributed by atoms with Gasteiger partial charge in [-0.25, -0.2) is 13.8 Å². The van der Waals surface area contributed by atoms with Gasteiger partial charge in [0.15, 0.2) is 5.76 Å². The minimum atomic E-state index is -0.410. The molecule has 8 nitrogen and oxygen atoms in total. The molecule has 0 saturated heterocycles. The van der Waals surface area contributed by atoms with Crippen molar-refractivity contribution >= 4 is 16.9 Å². The topological polar surface area (TPSA) is 96.5 Å². The van der Waals surface area contributed by atoms with Crippen molar-refractivity contribution < 1.29 is 27.6 Å². The first-order chi connectivity index (χ1) is 20.3. The van der Waals surface area contributed by atoms with Crippen LogP contribution in [0.25, 0.3) is 27.8 Å². The average Bonchev–Trinajstić information content (AvgIpc) is 3.50. The third kappa shape index (κ3) is 6.60. The van der Waals surface area contributed by atoms with Gasteiger partial charge in [-0.2, -0.15) is 0 Å². The first-order valence-corrected chi connectivity index (χ1v) is 13.5. The molecule has 3 aromatic carbocycles. The van der Waals surface area contributed by atoms with E-state index in [9.17, 15) is 18.4 Å².